The van der Waals surface area contributed by atoms with Crippen LogP contribution in [0.25, 0.3) is 0 Å². The van der Waals surface area contributed by atoms with Crippen molar-refractivity contribution in [2.45, 2.75) is 40.5 Å². The highest BCUT2D eigenvalue weighted by molar-refractivity contribution is 6.30. The summed E-state index contributed by atoms with van der Waals surface area (Å²) in [5.41, 5.74) is 2.79. The van der Waals surface area contributed by atoms with Crippen LogP contribution in [0.5, 0.6) is 0 Å². The van der Waals surface area contributed by atoms with Gasteiger partial charge >= 0.3 is 0 Å². The molecule has 2 fully saturated rings. The maximum Gasteiger partial charge on any atom is 0.232 e. The van der Waals surface area contributed by atoms with Gasteiger partial charge in [-0.3, -0.25) is 19.4 Å². The van der Waals surface area contributed by atoms with Crippen molar-refractivity contribution in [3.05, 3.63) is 106 Å². The summed E-state index contributed by atoms with van der Waals surface area (Å²) in [5.74, 6) is 12.5. The highest BCUT2D eigenvalue weighted by Gasteiger charge is 2.38. The Labute approximate surface area is 273 Å². The Kier molecular flexibility index (Phi) is 9.46. The van der Waals surface area contributed by atoms with Crippen LogP contribution in [0.4, 0.5) is 16.3 Å². The van der Waals surface area contributed by atoms with Gasteiger partial charge in [0.1, 0.15) is 5.82 Å². The number of carbonyl (C=O) groups is 2. The van der Waals surface area contributed by atoms with E-state index in [1.54, 1.807) is 58.9 Å². The molecule has 0 saturated carbocycles. The molecule has 2 aliphatic rings. The van der Waals surface area contributed by atoms with Crippen LogP contribution in [-0.4, -0.2) is 44.8 Å². The Morgan fingerprint density at radius 2 is 1.09 bits per heavy atom. The summed E-state index contributed by atoms with van der Waals surface area (Å²) in [4.78, 5) is 44.3. The molecule has 2 aliphatic heterocycles. The number of rotatable bonds is 2. The number of hydrogen-bond donors (Lipinski definition) is 0. The van der Waals surface area contributed by atoms with Crippen LogP contribution < -0.4 is 9.80 Å². The first-order valence-electron chi connectivity index (χ1n) is 14.7. The van der Waals surface area contributed by atoms with E-state index in [1.165, 1.54) is 12.1 Å². The van der Waals surface area contributed by atoms with Gasteiger partial charge in [0.2, 0.25) is 23.7 Å². The lowest BCUT2D eigenvalue weighted by Gasteiger charge is -2.17. The zero-order valence-corrected chi connectivity index (χ0v) is 26.8. The van der Waals surface area contributed by atoms with Crippen LogP contribution in [0.2, 0.25) is 5.02 Å². The predicted molar refractivity (Wildman–Crippen MR) is 175 cm³/mol. The highest BCUT2D eigenvalue weighted by Crippen LogP contribution is 2.32. The largest absolute Gasteiger partial charge is 0.280 e. The van der Waals surface area contributed by atoms with Crippen molar-refractivity contribution in [2.75, 3.05) is 22.9 Å². The first kappa shape index (κ1) is 32.3. The lowest BCUT2D eigenvalue weighted by molar-refractivity contribution is -0.118. The molecule has 10 heteroatoms. The molecule has 4 heterocycles. The minimum atomic E-state index is -0.290. The van der Waals surface area contributed by atoms with E-state index >= 15 is 0 Å². The summed E-state index contributed by atoms with van der Waals surface area (Å²) in [5, 5.41) is 0.651. The number of benzene rings is 2. The molecule has 0 N–H and O–H groups in total. The number of aromatic nitrogens is 4. The van der Waals surface area contributed by atoms with Crippen molar-refractivity contribution in [1.29, 1.82) is 0 Å². The number of hydrogen-bond acceptors (Lipinski definition) is 6. The number of amides is 2. The summed E-state index contributed by atoms with van der Waals surface area (Å²) in [6, 6.07) is 13.3. The lowest BCUT2D eigenvalue weighted by atomic mass is 9.93. The average molecular weight is 635 g/mol. The van der Waals surface area contributed by atoms with E-state index < -0.39 is 0 Å². The fourth-order valence-corrected chi connectivity index (χ4v) is 5.15. The number of carbonyl (C=O) groups excluding carboxylic acids is 2. The summed E-state index contributed by atoms with van der Waals surface area (Å²) in [7, 11) is 0. The molecule has 8 nitrogen and oxygen atoms in total. The first-order valence-corrected chi connectivity index (χ1v) is 15.0. The molecular formula is C36H32ClFN6O2. The lowest BCUT2D eigenvalue weighted by Crippen LogP contribution is -2.27. The standard InChI is InChI=1S/C18H16ClN3O.C18H16FN3O/c1-18(2)9-16(23)22(12-18)17-20-10-14(11-21-17)7-6-13-4-3-5-15(19)8-13;1-18(2)9-16(23)22(12-18)17-20-10-14(11-21-17)4-3-13-5-7-15(19)8-6-13/h3-5,8,10-11H,9,12H2,1-2H3;5-8,10-11H,9,12H2,1-2H3. The molecule has 4 aromatic rings. The normalized spacial score (nSPS) is 16.1. The molecule has 0 bridgehead atoms. The second kappa shape index (κ2) is 13.5. The van der Waals surface area contributed by atoms with Gasteiger partial charge < -0.3 is 0 Å². The van der Waals surface area contributed by atoms with Crippen LogP contribution in [0.1, 0.15) is 62.8 Å². The molecule has 6 rings (SSSR count). The van der Waals surface area contributed by atoms with Crippen molar-refractivity contribution in [1.82, 2.24) is 19.9 Å². The van der Waals surface area contributed by atoms with Crippen molar-refractivity contribution < 1.29 is 14.0 Å². The van der Waals surface area contributed by atoms with Gasteiger partial charge in [0, 0.05) is 66.9 Å². The molecule has 232 valence electrons. The molecule has 2 saturated heterocycles. The summed E-state index contributed by atoms with van der Waals surface area (Å²) in [6.07, 6.45) is 7.49. The van der Waals surface area contributed by atoms with Gasteiger partial charge in [0.05, 0.1) is 11.1 Å². The molecular weight excluding hydrogens is 603 g/mol. The van der Waals surface area contributed by atoms with Crippen LogP contribution in [0.15, 0.2) is 73.3 Å². The van der Waals surface area contributed by atoms with Crippen LogP contribution in [0, 0.1) is 40.3 Å². The Hall–Kier alpha value is -5.12. The van der Waals surface area contributed by atoms with Crippen molar-refractivity contribution in [3.63, 3.8) is 0 Å². The van der Waals surface area contributed by atoms with E-state index in [0.29, 0.717) is 59.5 Å². The fourth-order valence-electron chi connectivity index (χ4n) is 4.96. The van der Waals surface area contributed by atoms with E-state index in [-0.39, 0.29) is 28.5 Å². The maximum absolute atomic E-state index is 12.8. The molecule has 0 aliphatic carbocycles. The minimum absolute atomic E-state index is 0.0362. The molecule has 0 unspecified atom stereocenters. The van der Waals surface area contributed by atoms with Gasteiger partial charge in [-0.2, -0.15) is 0 Å². The molecule has 2 amide bonds. The monoisotopic (exact) mass is 634 g/mol. The number of halogens is 2. The summed E-state index contributed by atoms with van der Waals surface area (Å²) >= 11 is 5.93. The second-order valence-electron chi connectivity index (χ2n) is 12.7. The average Bonchev–Trinajstić information content (AvgIpc) is 3.47. The fraction of sp³-hybridized carbons (Fsp3) is 0.278. The molecule has 0 radical (unpaired) electrons. The third kappa shape index (κ3) is 8.53. The summed E-state index contributed by atoms with van der Waals surface area (Å²) in [6.45, 7) is 9.48. The van der Waals surface area contributed by atoms with E-state index in [1.807, 2.05) is 26.0 Å². The zero-order valence-electron chi connectivity index (χ0n) is 26.0. The van der Waals surface area contributed by atoms with Gasteiger partial charge in [-0.25, -0.2) is 24.3 Å². The van der Waals surface area contributed by atoms with Crippen molar-refractivity contribution in [3.8, 4) is 23.7 Å². The second-order valence-corrected chi connectivity index (χ2v) is 13.1. The number of nitrogens with zero attached hydrogens (tertiary/aromatic N) is 6. The zero-order chi connectivity index (χ0) is 32.9. The van der Waals surface area contributed by atoms with E-state index in [9.17, 15) is 14.0 Å². The third-order valence-electron chi connectivity index (χ3n) is 7.16. The smallest absolute Gasteiger partial charge is 0.232 e. The van der Waals surface area contributed by atoms with Crippen molar-refractivity contribution in [2.24, 2.45) is 10.8 Å². The Morgan fingerprint density at radius 1 is 0.652 bits per heavy atom. The topological polar surface area (TPSA) is 92.2 Å². The molecule has 2 aromatic carbocycles. The third-order valence-corrected chi connectivity index (χ3v) is 7.40. The number of anilines is 2. The minimum Gasteiger partial charge on any atom is -0.280 e. The first-order chi connectivity index (χ1) is 21.9. The van der Waals surface area contributed by atoms with Gasteiger partial charge in [0.15, 0.2) is 0 Å². The molecule has 0 atom stereocenters. The summed E-state index contributed by atoms with van der Waals surface area (Å²) < 4.78 is 12.8. The maximum atomic E-state index is 12.8. The predicted octanol–water partition coefficient (Wildman–Crippen LogP) is 6.07. The Morgan fingerprint density at radius 3 is 1.50 bits per heavy atom. The highest BCUT2D eigenvalue weighted by atomic mass is 35.5. The van der Waals surface area contributed by atoms with Crippen LogP contribution in [-0.2, 0) is 9.59 Å². The van der Waals surface area contributed by atoms with Crippen molar-refractivity contribution >= 4 is 35.3 Å². The van der Waals surface area contributed by atoms with Gasteiger partial charge in [-0.15, -0.1) is 0 Å². The van der Waals surface area contributed by atoms with E-state index in [2.05, 4.69) is 57.5 Å². The van der Waals surface area contributed by atoms with E-state index in [4.69, 9.17) is 11.6 Å². The van der Waals surface area contributed by atoms with Gasteiger partial charge in [-0.05, 0) is 53.3 Å². The Balaban J connectivity index is 0.000000181. The molecule has 46 heavy (non-hydrogen) atoms. The molecule has 2 aromatic heterocycles. The van der Waals surface area contributed by atoms with Gasteiger partial charge in [-0.1, -0.05) is 69.0 Å². The molecule has 0 spiro atoms. The van der Waals surface area contributed by atoms with Crippen LogP contribution >= 0.6 is 11.6 Å². The Bertz CT molecular complexity index is 1870. The van der Waals surface area contributed by atoms with Gasteiger partial charge in [0.25, 0.3) is 0 Å². The SMILES string of the molecule is CC1(C)CC(=O)N(c2ncc(C#Cc3ccc(F)cc3)cn2)C1.CC1(C)CC(=O)N(c2ncc(C#Cc3cccc(Cl)c3)cn2)C1. The van der Waals surface area contributed by atoms with Crippen LogP contribution in [0.3, 0.4) is 0 Å². The van der Waals surface area contributed by atoms with E-state index in [0.717, 1.165) is 5.56 Å². The quantitative estimate of drug-likeness (QED) is 0.249.